The van der Waals surface area contributed by atoms with E-state index in [0.29, 0.717) is 19.5 Å². The Kier molecular flexibility index (Phi) is 5.30. The van der Waals surface area contributed by atoms with Crippen LogP contribution in [-0.2, 0) is 11.3 Å². The summed E-state index contributed by atoms with van der Waals surface area (Å²) < 4.78 is 0. The molecule has 0 radical (unpaired) electrons. The molecular weight excluding hydrogens is 312 g/mol. The second-order valence-electron chi connectivity index (χ2n) is 8.27. The molecule has 2 aliphatic heterocycles. The average molecular weight is 342 g/mol. The number of benzene rings is 1. The number of amides is 1. The minimum atomic E-state index is -0.803. The van der Waals surface area contributed by atoms with Crippen molar-refractivity contribution >= 4 is 12.0 Å². The summed E-state index contributed by atoms with van der Waals surface area (Å²) in [6, 6.07) is 8.45. The van der Waals surface area contributed by atoms with Gasteiger partial charge in [0.05, 0.1) is 0 Å². The van der Waals surface area contributed by atoms with Crippen molar-refractivity contribution in [3.05, 3.63) is 41.0 Å². The summed E-state index contributed by atoms with van der Waals surface area (Å²) in [7, 11) is 0. The summed E-state index contributed by atoms with van der Waals surface area (Å²) in [5.74, 6) is -0.142. The van der Waals surface area contributed by atoms with Crippen LogP contribution in [0, 0.1) is 0 Å². The second kappa shape index (κ2) is 7.30. The normalized spacial score (nSPS) is 22.6. The van der Waals surface area contributed by atoms with E-state index >= 15 is 0 Å². The number of aliphatic hydroxyl groups is 1. The summed E-state index contributed by atoms with van der Waals surface area (Å²) in [6.07, 6.45) is 4.34. The molecule has 1 amide bonds. The molecule has 1 atom stereocenters. The molecule has 0 aromatic heterocycles. The van der Waals surface area contributed by atoms with E-state index in [4.69, 9.17) is 0 Å². The third-order valence-corrected chi connectivity index (χ3v) is 5.35. The highest BCUT2D eigenvalue weighted by Crippen LogP contribution is 2.25. The maximum absolute atomic E-state index is 11.8. The summed E-state index contributed by atoms with van der Waals surface area (Å²) in [4.78, 5) is 16.1. The Hall–Kier alpha value is -1.65. The minimum absolute atomic E-state index is 0.142. The average Bonchev–Trinajstić information content (AvgIpc) is 2.88. The molecule has 0 aliphatic carbocycles. The van der Waals surface area contributed by atoms with Gasteiger partial charge in [0.2, 0.25) is 0 Å². The molecule has 0 unspecified atom stereocenters. The molecule has 2 aliphatic rings. The first-order valence-corrected chi connectivity index (χ1v) is 9.33. The molecule has 1 N–H and O–H groups in total. The van der Waals surface area contributed by atoms with Gasteiger partial charge in [0.1, 0.15) is 6.10 Å². The van der Waals surface area contributed by atoms with Crippen LogP contribution in [0.3, 0.4) is 0 Å². The predicted octanol–water partition coefficient (Wildman–Crippen LogP) is 3.06. The van der Waals surface area contributed by atoms with Crippen LogP contribution in [0.5, 0.6) is 0 Å². The van der Waals surface area contributed by atoms with Crippen LogP contribution in [0.15, 0.2) is 29.8 Å². The zero-order valence-corrected chi connectivity index (χ0v) is 15.7. The highest BCUT2D eigenvalue weighted by Gasteiger charge is 2.29. The van der Waals surface area contributed by atoms with Gasteiger partial charge in [0.25, 0.3) is 5.91 Å². The van der Waals surface area contributed by atoms with Gasteiger partial charge in [-0.1, -0.05) is 35.9 Å². The molecule has 3 rings (SSSR count). The number of rotatable bonds is 3. The van der Waals surface area contributed by atoms with Gasteiger partial charge in [-0.2, -0.15) is 0 Å². The Labute approximate surface area is 151 Å². The lowest BCUT2D eigenvalue weighted by Crippen LogP contribution is -2.44. The maximum Gasteiger partial charge on any atom is 0.251 e. The van der Waals surface area contributed by atoms with E-state index in [1.807, 2.05) is 0 Å². The van der Waals surface area contributed by atoms with E-state index in [0.717, 1.165) is 31.5 Å². The predicted molar refractivity (Wildman–Crippen MR) is 101 cm³/mol. The van der Waals surface area contributed by atoms with Gasteiger partial charge in [-0.25, -0.2) is 0 Å². The number of aliphatic hydroxyl groups excluding tert-OH is 1. The van der Waals surface area contributed by atoms with Crippen molar-refractivity contribution in [2.75, 3.05) is 19.6 Å². The Morgan fingerprint density at radius 3 is 2.28 bits per heavy atom. The molecule has 2 heterocycles. The molecule has 1 aromatic rings. The first-order valence-electron chi connectivity index (χ1n) is 9.33. The van der Waals surface area contributed by atoms with Gasteiger partial charge in [-0.15, -0.1) is 0 Å². The summed E-state index contributed by atoms with van der Waals surface area (Å²) in [6.45, 7) is 10.3. The fraction of sp³-hybridized carbons (Fsp3) is 0.571. The number of carbonyl (C=O) groups excluding carboxylic acids is 1. The van der Waals surface area contributed by atoms with Crippen molar-refractivity contribution in [1.82, 2.24) is 9.80 Å². The fourth-order valence-corrected chi connectivity index (χ4v) is 3.66. The van der Waals surface area contributed by atoms with Crippen molar-refractivity contribution in [3.63, 3.8) is 0 Å². The van der Waals surface area contributed by atoms with Crippen LogP contribution in [-0.4, -0.2) is 52.1 Å². The van der Waals surface area contributed by atoms with Crippen LogP contribution < -0.4 is 0 Å². The molecule has 1 aromatic carbocycles. The van der Waals surface area contributed by atoms with Gasteiger partial charge < -0.3 is 10.0 Å². The number of hydrogen-bond donors (Lipinski definition) is 1. The molecule has 0 saturated carbocycles. The van der Waals surface area contributed by atoms with Crippen LogP contribution >= 0.6 is 0 Å². The number of hydrogen-bond acceptors (Lipinski definition) is 3. The van der Waals surface area contributed by atoms with E-state index in [1.54, 1.807) is 4.90 Å². The minimum Gasteiger partial charge on any atom is -0.383 e. The number of carbonyl (C=O) groups is 1. The van der Waals surface area contributed by atoms with Crippen molar-refractivity contribution in [3.8, 4) is 0 Å². The molecule has 0 spiro atoms. The topological polar surface area (TPSA) is 43.8 Å². The van der Waals surface area contributed by atoms with Gasteiger partial charge >= 0.3 is 0 Å². The lowest BCUT2D eigenvalue weighted by atomic mass is 9.96. The molecule has 4 nitrogen and oxygen atoms in total. The smallest absolute Gasteiger partial charge is 0.251 e. The zero-order chi connectivity index (χ0) is 18.0. The molecule has 25 heavy (non-hydrogen) atoms. The van der Waals surface area contributed by atoms with Gasteiger partial charge in [0.15, 0.2) is 0 Å². The molecule has 0 bridgehead atoms. The lowest BCUT2D eigenvalue weighted by molar-refractivity contribution is -0.134. The zero-order valence-electron chi connectivity index (χ0n) is 15.7. The first-order chi connectivity index (χ1) is 11.8. The van der Waals surface area contributed by atoms with E-state index in [1.165, 1.54) is 11.1 Å². The van der Waals surface area contributed by atoms with E-state index < -0.39 is 6.10 Å². The molecule has 2 saturated heterocycles. The number of likely N-dealkylation sites (tertiary alicyclic amines) is 2. The molecule has 4 heteroatoms. The largest absolute Gasteiger partial charge is 0.383 e. The molecular formula is C21H30N2O2. The SMILES string of the molecule is CC(C)(C)N1CCC(=Cc2ccc(CN3CC[C@H](O)C3=O)cc2)CC1. The number of piperidine rings is 1. The monoisotopic (exact) mass is 342 g/mol. The van der Waals surface area contributed by atoms with E-state index in [-0.39, 0.29) is 11.4 Å². The van der Waals surface area contributed by atoms with E-state index in [2.05, 4.69) is 56.0 Å². The summed E-state index contributed by atoms with van der Waals surface area (Å²) in [5.41, 5.74) is 4.13. The van der Waals surface area contributed by atoms with Crippen molar-refractivity contribution in [2.24, 2.45) is 0 Å². The van der Waals surface area contributed by atoms with Crippen molar-refractivity contribution in [1.29, 1.82) is 0 Å². The second-order valence-corrected chi connectivity index (χ2v) is 8.27. The van der Waals surface area contributed by atoms with E-state index in [9.17, 15) is 9.90 Å². The third-order valence-electron chi connectivity index (χ3n) is 5.35. The van der Waals surface area contributed by atoms with Crippen LogP contribution in [0.1, 0.15) is 51.2 Å². The Morgan fingerprint density at radius 1 is 1.12 bits per heavy atom. The maximum atomic E-state index is 11.8. The summed E-state index contributed by atoms with van der Waals surface area (Å²) in [5, 5.41) is 9.54. The Bertz CT molecular complexity index is 633. The molecule has 136 valence electrons. The standard InChI is InChI=1S/C21H30N2O2/c1-21(2,3)23-12-8-17(9-13-23)14-16-4-6-18(7-5-16)15-22-11-10-19(24)20(22)25/h4-7,14,19,24H,8-13,15H2,1-3H3/t19-/m0/s1. The quantitative estimate of drug-likeness (QED) is 0.918. The van der Waals surface area contributed by atoms with Crippen LogP contribution in [0.25, 0.3) is 6.08 Å². The highest BCUT2D eigenvalue weighted by atomic mass is 16.3. The van der Waals surface area contributed by atoms with Gasteiger partial charge in [0, 0.05) is 31.7 Å². The number of nitrogens with zero attached hydrogens (tertiary/aromatic N) is 2. The van der Waals surface area contributed by atoms with Crippen LogP contribution in [0.2, 0.25) is 0 Å². The van der Waals surface area contributed by atoms with Gasteiger partial charge in [-0.05, 0) is 51.2 Å². The third kappa shape index (κ3) is 4.50. The van der Waals surface area contributed by atoms with Crippen molar-refractivity contribution < 1.29 is 9.90 Å². The van der Waals surface area contributed by atoms with Crippen LogP contribution in [0.4, 0.5) is 0 Å². The van der Waals surface area contributed by atoms with Crippen molar-refractivity contribution in [2.45, 2.75) is 58.2 Å². The van der Waals surface area contributed by atoms with Gasteiger partial charge in [-0.3, -0.25) is 9.69 Å². The Morgan fingerprint density at radius 2 is 1.76 bits per heavy atom. The highest BCUT2D eigenvalue weighted by molar-refractivity contribution is 5.82. The fourth-order valence-electron chi connectivity index (χ4n) is 3.66. The molecule has 2 fully saturated rings. The first kappa shape index (κ1) is 18.2. The Balaban J connectivity index is 1.57. The lowest BCUT2D eigenvalue weighted by Gasteiger charge is -2.39. The summed E-state index contributed by atoms with van der Waals surface area (Å²) >= 11 is 0.